The van der Waals surface area contributed by atoms with E-state index in [4.69, 9.17) is 0 Å². The predicted molar refractivity (Wildman–Crippen MR) is 108 cm³/mol. The zero-order valence-corrected chi connectivity index (χ0v) is 17.5. The van der Waals surface area contributed by atoms with Crippen molar-refractivity contribution in [2.75, 3.05) is 31.9 Å². The summed E-state index contributed by atoms with van der Waals surface area (Å²) in [6, 6.07) is 11.3. The van der Waals surface area contributed by atoms with E-state index in [1.165, 1.54) is 4.88 Å². The number of halogens is 1. The molecule has 2 heterocycles. The topological polar surface area (TPSA) is 57.7 Å². The lowest BCUT2D eigenvalue weighted by Gasteiger charge is -2.34. The molecule has 1 aromatic heterocycles. The molecule has 2 aromatic rings. The van der Waals surface area contributed by atoms with E-state index in [0.717, 1.165) is 24.1 Å². The maximum absolute atomic E-state index is 12.4. The van der Waals surface area contributed by atoms with Gasteiger partial charge in [-0.3, -0.25) is 9.69 Å². The van der Waals surface area contributed by atoms with Crippen LogP contribution in [0.1, 0.15) is 10.4 Å². The molecule has 0 unspecified atom stereocenters. The summed E-state index contributed by atoms with van der Waals surface area (Å²) in [5.74, 6) is -0.836. The molecule has 0 spiro atoms. The number of nitrogens with zero attached hydrogens (tertiary/aromatic N) is 2. The molecule has 140 valence electrons. The van der Waals surface area contributed by atoms with Gasteiger partial charge in [-0.2, -0.15) is 0 Å². The SMILES string of the molecule is O=C(CS(=O)(=O)Cc1cccc(Br)c1)N1CCN(Cc2cccs2)CC1. The summed E-state index contributed by atoms with van der Waals surface area (Å²) in [5, 5.41) is 2.06. The van der Waals surface area contributed by atoms with Crippen molar-refractivity contribution >= 4 is 43.0 Å². The highest BCUT2D eigenvalue weighted by molar-refractivity contribution is 9.10. The molecule has 0 atom stereocenters. The van der Waals surface area contributed by atoms with Gasteiger partial charge in [0.25, 0.3) is 0 Å². The normalized spacial score (nSPS) is 16.0. The van der Waals surface area contributed by atoms with Crippen LogP contribution in [-0.2, 0) is 26.9 Å². The number of thiophene rings is 1. The Hall–Kier alpha value is -1.22. The van der Waals surface area contributed by atoms with Gasteiger partial charge in [-0.05, 0) is 29.1 Å². The summed E-state index contributed by atoms with van der Waals surface area (Å²) in [5.41, 5.74) is 0.688. The number of piperazine rings is 1. The fourth-order valence-electron chi connectivity index (χ4n) is 2.99. The van der Waals surface area contributed by atoms with E-state index in [1.807, 2.05) is 12.1 Å². The standard InChI is InChI=1S/C18H21BrN2O3S2/c19-16-4-1-3-15(11-16)13-26(23,24)14-18(22)21-8-6-20(7-9-21)12-17-5-2-10-25-17/h1-5,10-11H,6-9,12-14H2. The molecule has 1 amide bonds. The molecule has 1 aromatic carbocycles. The Bertz CT molecular complexity index is 845. The maximum atomic E-state index is 12.4. The average molecular weight is 457 g/mol. The average Bonchev–Trinajstić information content (AvgIpc) is 3.07. The highest BCUT2D eigenvalue weighted by Crippen LogP contribution is 2.16. The number of hydrogen-bond donors (Lipinski definition) is 0. The highest BCUT2D eigenvalue weighted by atomic mass is 79.9. The van der Waals surface area contributed by atoms with Crippen LogP contribution in [0.2, 0.25) is 0 Å². The van der Waals surface area contributed by atoms with Crippen molar-refractivity contribution in [1.82, 2.24) is 9.80 Å². The smallest absolute Gasteiger partial charge is 0.237 e. The Morgan fingerprint density at radius 3 is 2.54 bits per heavy atom. The fraction of sp³-hybridized carbons (Fsp3) is 0.389. The second-order valence-corrected chi connectivity index (χ2v) is 10.4. The third-order valence-corrected chi connectivity index (χ3v) is 7.12. The van der Waals surface area contributed by atoms with Crippen LogP contribution in [0.25, 0.3) is 0 Å². The zero-order chi connectivity index (χ0) is 18.6. The second-order valence-electron chi connectivity index (χ2n) is 6.40. The molecule has 1 fully saturated rings. The molecule has 0 bridgehead atoms. The van der Waals surface area contributed by atoms with Crippen molar-refractivity contribution in [2.24, 2.45) is 0 Å². The van der Waals surface area contributed by atoms with Crippen LogP contribution >= 0.6 is 27.3 Å². The molecule has 1 aliphatic rings. The number of benzene rings is 1. The van der Waals surface area contributed by atoms with E-state index in [1.54, 1.807) is 34.4 Å². The molecule has 0 N–H and O–H groups in total. The van der Waals surface area contributed by atoms with Gasteiger partial charge in [0.15, 0.2) is 9.84 Å². The third kappa shape index (κ3) is 5.64. The molecule has 1 saturated heterocycles. The van der Waals surface area contributed by atoms with Gasteiger partial charge in [0.1, 0.15) is 5.75 Å². The number of carbonyl (C=O) groups excluding carboxylic acids is 1. The van der Waals surface area contributed by atoms with Crippen LogP contribution in [0.5, 0.6) is 0 Å². The third-order valence-electron chi connectivity index (χ3n) is 4.30. The lowest BCUT2D eigenvalue weighted by molar-refractivity contribution is -0.130. The Kier molecular flexibility index (Phi) is 6.50. The second kappa shape index (κ2) is 8.65. The quantitative estimate of drug-likeness (QED) is 0.670. The summed E-state index contributed by atoms with van der Waals surface area (Å²) in [4.78, 5) is 17.7. The molecule has 0 radical (unpaired) electrons. The van der Waals surface area contributed by atoms with Crippen LogP contribution in [-0.4, -0.2) is 56.1 Å². The van der Waals surface area contributed by atoms with Crippen molar-refractivity contribution in [1.29, 1.82) is 0 Å². The van der Waals surface area contributed by atoms with Crippen molar-refractivity contribution < 1.29 is 13.2 Å². The summed E-state index contributed by atoms with van der Waals surface area (Å²) in [7, 11) is -3.48. The first-order chi connectivity index (χ1) is 12.4. The minimum Gasteiger partial charge on any atom is -0.339 e. The van der Waals surface area contributed by atoms with Crippen LogP contribution in [0.3, 0.4) is 0 Å². The van der Waals surface area contributed by atoms with Gasteiger partial charge >= 0.3 is 0 Å². The Labute approximate surface area is 166 Å². The van der Waals surface area contributed by atoms with Gasteiger partial charge in [-0.1, -0.05) is 34.1 Å². The molecule has 0 aliphatic carbocycles. The Morgan fingerprint density at radius 1 is 1.12 bits per heavy atom. The van der Waals surface area contributed by atoms with Gasteiger partial charge in [0.05, 0.1) is 5.75 Å². The van der Waals surface area contributed by atoms with Gasteiger partial charge in [0.2, 0.25) is 5.91 Å². The maximum Gasteiger partial charge on any atom is 0.237 e. The van der Waals surface area contributed by atoms with E-state index in [0.29, 0.717) is 18.7 Å². The minimum absolute atomic E-state index is 0.115. The van der Waals surface area contributed by atoms with Crippen LogP contribution in [0.4, 0.5) is 0 Å². The molecule has 26 heavy (non-hydrogen) atoms. The number of hydrogen-bond acceptors (Lipinski definition) is 5. The number of sulfone groups is 1. The van der Waals surface area contributed by atoms with E-state index < -0.39 is 15.6 Å². The number of amides is 1. The Morgan fingerprint density at radius 2 is 1.88 bits per heavy atom. The summed E-state index contributed by atoms with van der Waals surface area (Å²) >= 11 is 5.06. The van der Waals surface area contributed by atoms with Gasteiger partial charge in [0, 0.05) is 42.1 Å². The van der Waals surface area contributed by atoms with Gasteiger partial charge in [-0.15, -0.1) is 11.3 Å². The summed E-state index contributed by atoms with van der Waals surface area (Å²) < 4.78 is 25.6. The summed E-state index contributed by atoms with van der Waals surface area (Å²) in [6.07, 6.45) is 0. The molecular formula is C18H21BrN2O3S2. The molecule has 3 rings (SSSR count). The number of carbonyl (C=O) groups is 1. The van der Waals surface area contributed by atoms with Crippen molar-refractivity contribution in [3.05, 3.63) is 56.7 Å². The van der Waals surface area contributed by atoms with Crippen LogP contribution in [0.15, 0.2) is 46.3 Å². The molecular weight excluding hydrogens is 436 g/mol. The largest absolute Gasteiger partial charge is 0.339 e. The molecule has 0 saturated carbocycles. The van der Waals surface area contributed by atoms with Crippen LogP contribution in [0, 0.1) is 0 Å². The van der Waals surface area contributed by atoms with E-state index in [2.05, 4.69) is 32.3 Å². The first kappa shape index (κ1) is 19.5. The van der Waals surface area contributed by atoms with Gasteiger partial charge in [-0.25, -0.2) is 8.42 Å². The van der Waals surface area contributed by atoms with Crippen LogP contribution < -0.4 is 0 Å². The monoisotopic (exact) mass is 456 g/mol. The van der Waals surface area contributed by atoms with E-state index in [-0.39, 0.29) is 11.7 Å². The molecule has 1 aliphatic heterocycles. The summed E-state index contributed by atoms with van der Waals surface area (Å²) in [6.45, 7) is 3.60. The molecule has 8 heteroatoms. The first-order valence-electron chi connectivity index (χ1n) is 8.39. The van der Waals surface area contributed by atoms with Gasteiger partial charge < -0.3 is 4.90 Å². The van der Waals surface area contributed by atoms with Crippen molar-refractivity contribution in [2.45, 2.75) is 12.3 Å². The Balaban J connectivity index is 1.50. The first-order valence-corrected chi connectivity index (χ1v) is 11.9. The lowest BCUT2D eigenvalue weighted by Crippen LogP contribution is -2.49. The zero-order valence-electron chi connectivity index (χ0n) is 14.3. The fourth-order valence-corrected chi connectivity index (χ4v) is 5.53. The minimum atomic E-state index is -3.48. The molecule has 5 nitrogen and oxygen atoms in total. The lowest BCUT2D eigenvalue weighted by atomic mass is 10.2. The highest BCUT2D eigenvalue weighted by Gasteiger charge is 2.25. The van der Waals surface area contributed by atoms with E-state index in [9.17, 15) is 13.2 Å². The van der Waals surface area contributed by atoms with E-state index >= 15 is 0 Å². The predicted octanol–water partition coefficient (Wildman–Crippen LogP) is 2.77. The number of rotatable bonds is 6. The van der Waals surface area contributed by atoms with Crippen molar-refractivity contribution in [3.63, 3.8) is 0 Å². The van der Waals surface area contributed by atoms with Crippen molar-refractivity contribution in [3.8, 4) is 0 Å².